The van der Waals surface area contributed by atoms with Gasteiger partial charge in [-0.25, -0.2) is 0 Å². The maximum absolute atomic E-state index is 11.2. The Morgan fingerprint density at radius 3 is 1.88 bits per heavy atom. The number of rotatable bonds is 4. The third-order valence-electron chi connectivity index (χ3n) is 3.25. The number of benzene rings is 2. The van der Waals surface area contributed by atoms with E-state index in [1.807, 2.05) is 60.7 Å². The molecule has 0 bridgehead atoms. The van der Waals surface area contributed by atoms with Gasteiger partial charge in [-0.1, -0.05) is 60.7 Å². The molecule has 2 aromatic rings. The molecule has 2 N–H and O–H groups in total. The van der Waals surface area contributed by atoms with Crippen LogP contribution in [0.1, 0.15) is 11.1 Å². The van der Waals surface area contributed by atoms with Gasteiger partial charge >= 0.3 is 0 Å². The van der Waals surface area contributed by atoms with Gasteiger partial charge in [-0.15, -0.1) is 0 Å². The number of halogens is 1. The van der Waals surface area contributed by atoms with Gasteiger partial charge in [0.15, 0.2) is 0 Å². The molecule has 1 aliphatic rings. The first-order valence-corrected chi connectivity index (χ1v) is 9.34. The lowest BCUT2D eigenvalue weighted by molar-refractivity contribution is -1.91. The molecule has 0 amide bonds. The van der Waals surface area contributed by atoms with Crippen molar-refractivity contribution in [1.29, 1.82) is 0 Å². The molecule has 0 saturated carbocycles. The second-order valence-electron chi connectivity index (χ2n) is 4.96. The molecular formula is C17H14ClNO4S. The van der Waals surface area contributed by atoms with E-state index in [-0.39, 0.29) is 0 Å². The van der Waals surface area contributed by atoms with Crippen LogP contribution in [0.3, 0.4) is 0 Å². The van der Waals surface area contributed by atoms with Crippen molar-refractivity contribution >= 4 is 20.5 Å². The highest BCUT2D eigenvalue weighted by molar-refractivity contribution is 8.20. The highest BCUT2D eigenvalue weighted by atomic mass is 35.7. The lowest BCUT2D eigenvalue weighted by Gasteiger charge is -2.20. The molecule has 124 valence electrons. The molecule has 3 rings (SSSR count). The zero-order chi connectivity index (χ0) is 17.2. The molecule has 0 saturated heterocycles. The zero-order valence-electron chi connectivity index (χ0n) is 12.4. The Balaban J connectivity index is 2.21. The maximum atomic E-state index is 11.2. The zero-order valence-corrected chi connectivity index (χ0v) is 14.0. The molecule has 7 heteroatoms. The molecule has 1 heterocycles. The summed E-state index contributed by atoms with van der Waals surface area (Å²) in [5.74, 6) is 0. The molecule has 0 radical (unpaired) electrons. The van der Waals surface area contributed by atoms with Crippen molar-refractivity contribution < 1.29 is 28.0 Å². The van der Waals surface area contributed by atoms with Gasteiger partial charge in [0.2, 0.25) is 0 Å². The molecule has 5 nitrogen and oxygen atoms in total. The van der Waals surface area contributed by atoms with Gasteiger partial charge < -0.3 is 5.73 Å². The average Bonchev–Trinajstić information content (AvgIpc) is 2.56. The van der Waals surface area contributed by atoms with E-state index in [1.54, 1.807) is 12.2 Å². The summed E-state index contributed by atoms with van der Waals surface area (Å²) in [6.45, 7) is 0. The van der Waals surface area contributed by atoms with Gasteiger partial charge in [-0.2, -0.15) is 14.0 Å². The summed E-state index contributed by atoms with van der Waals surface area (Å²) in [4.78, 5) is 1.09. The lowest BCUT2D eigenvalue weighted by atomic mass is 10.1. The summed E-state index contributed by atoms with van der Waals surface area (Å²) in [6.07, 6.45) is 3.26. The number of nitrogens with two attached hydrogens (primary N) is 1. The van der Waals surface area contributed by atoms with E-state index >= 15 is 0 Å². The lowest BCUT2D eigenvalue weighted by Crippen LogP contribution is -2.60. The van der Waals surface area contributed by atoms with Gasteiger partial charge in [0, 0.05) is 5.70 Å². The third-order valence-corrected chi connectivity index (χ3v) is 5.88. The van der Waals surface area contributed by atoms with Gasteiger partial charge in [0.05, 0.1) is 20.0 Å². The molecule has 0 aliphatic carbocycles. The van der Waals surface area contributed by atoms with E-state index in [4.69, 9.17) is 9.47 Å². The SMILES string of the molecule is NC1=CC(c2ccccc2)=S(O[Cl+3]([O-])([O-])[O-])C(c2ccccc2)=C1. The van der Waals surface area contributed by atoms with Crippen LogP contribution >= 0.6 is 10.8 Å². The van der Waals surface area contributed by atoms with Crippen molar-refractivity contribution in [1.82, 2.24) is 0 Å². The molecule has 1 unspecified atom stereocenters. The summed E-state index contributed by atoms with van der Waals surface area (Å²) in [7, 11) is -6.00. The number of hydrogen-bond donors (Lipinski definition) is 1. The van der Waals surface area contributed by atoms with Crippen LogP contribution in [0.25, 0.3) is 4.91 Å². The Bertz CT molecular complexity index is 827. The van der Waals surface area contributed by atoms with Crippen molar-refractivity contribution in [2.45, 2.75) is 0 Å². The predicted molar refractivity (Wildman–Crippen MR) is 85.9 cm³/mol. The molecule has 1 aliphatic heterocycles. The summed E-state index contributed by atoms with van der Waals surface area (Å²) in [5, 5.41) is 0. The Kier molecular flexibility index (Phi) is 4.86. The van der Waals surface area contributed by atoms with E-state index in [0.717, 1.165) is 11.1 Å². The summed E-state index contributed by atoms with van der Waals surface area (Å²) in [6, 6.07) is 18.2. The molecule has 0 spiro atoms. The fourth-order valence-corrected chi connectivity index (χ4v) is 4.88. The van der Waals surface area contributed by atoms with Gasteiger partial charge in [-0.3, -0.25) is 0 Å². The minimum atomic E-state index is -4.60. The Morgan fingerprint density at radius 1 is 0.792 bits per heavy atom. The minimum Gasteiger partial charge on any atom is -0.399 e. The van der Waals surface area contributed by atoms with Crippen LogP contribution in [0.4, 0.5) is 0 Å². The van der Waals surface area contributed by atoms with E-state index in [1.165, 1.54) is 0 Å². The molecule has 24 heavy (non-hydrogen) atoms. The highest BCUT2D eigenvalue weighted by Crippen LogP contribution is 2.42. The second kappa shape index (κ2) is 6.90. The summed E-state index contributed by atoms with van der Waals surface area (Å²) < 4.78 is 38.6. The fourth-order valence-electron chi connectivity index (χ4n) is 2.30. The first-order chi connectivity index (χ1) is 11.4. The van der Waals surface area contributed by atoms with E-state index in [9.17, 15) is 14.0 Å². The second-order valence-corrected chi connectivity index (χ2v) is 7.64. The topological polar surface area (TPSA) is 104 Å². The van der Waals surface area contributed by atoms with Crippen LogP contribution in [0.5, 0.6) is 0 Å². The summed E-state index contributed by atoms with van der Waals surface area (Å²) in [5.41, 5.74) is 7.94. The molecule has 1 atom stereocenters. The van der Waals surface area contributed by atoms with Crippen LogP contribution in [0.15, 0.2) is 78.5 Å². The van der Waals surface area contributed by atoms with Crippen LogP contribution in [0, 0.1) is 10.2 Å². The van der Waals surface area contributed by atoms with E-state index in [0.29, 0.717) is 15.5 Å². The molecule has 2 aromatic carbocycles. The van der Waals surface area contributed by atoms with Crippen molar-refractivity contribution in [3.05, 3.63) is 89.6 Å². The van der Waals surface area contributed by atoms with Crippen LogP contribution < -0.4 is 19.7 Å². The Morgan fingerprint density at radius 2 is 1.33 bits per heavy atom. The average molecular weight is 364 g/mol. The molecule has 0 aromatic heterocycles. The highest BCUT2D eigenvalue weighted by Gasteiger charge is 2.31. The van der Waals surface area contributed by atoms with Crippen molar-refractivity contribution in [2.75, 3.05) is 0 Å². The third kappa shape index (κ3) is 3.93. The monoisotopic (exact) mass is 363 g/mol. The van der Waals surface area contributed by atoms with Crippen molar-refractivity contribution in [2.24, 2.45) is 5.73 Å². The van der Waals surface area contributed by atoms with Crippen LogP contribution in [-0.2, 0) is 3.74 Å². The van der Waals surface area contributed by atoms with Gasteiger partial charge in [0.1, 0.15) is 14.5 Å². The van der Waals surface area contributed by atoms with Crippen LogP contribution in [-0.4, -0.2) is 4.86 Å². The maximum Gasteiger partial charge on any atom is 0.148 e. The smallest absolute Gasteiger partial charge is 0.148 e. The number of allylic oxidation sites excluding steroid dienone is 2. The first kappa shape index (κ1) is 16.9. The summed E-state index contributed by atoms with van der Waals surface area (Å²) >= 11 is 0. The Labute approximate surface area is 144 Å². The molecule has 0 fully saturated rings. The molecular weight excluding hydrogens is 350 g/mol. The standard InChI is InChI=1S/C17H14ClNO4S/c19-15-11-16(13-7-3-1-4-8-13)24(23-18(20,21)22)17(12-15)14-9-5-2-6-10-14/h1-12H,19H2. The normalized spacial score (nSPS) is 18.1. The van der Waals surface area contributed by atoms with Gasteiger partial charge in [-0.05, 0) is 23.3 Å². The minimum absolute atomic E-state index is 0.458. The quantitative estimate of drug-likeness (QED) is 0.781. The van der Waals surface area contributed by atoms with E-state index in [2.05, 4.69) is 0 Å². The van der Waals surface area contributed by atoms with Crippen LogP contribution in [0.2, 0.25) is 0 Å². The van der Waals surface area contributed by atoms with Gasteiger partial charge in [0.25, 0.3) is 0 Å². The van der Waals surface area contributed by atoms with Crippen molar-refractivity contribution in [3.63, 3.8) is 0 Å². The Hall–Kier alpha value is -1.93. The predicted octanol–water partition coefficient (Wildman–Crippen LogP) is 0.202. The number of hydrogen-bond acceptors (Lipinski definition) is 5. The van der Waals surface area contributed by atoms with Crippen molar-refractivity contribution in [3.8, 4) is 0 Å². The fraction of sp³-hybridized carbons (Fsp3) is 0. The van der Waals surface area contributed by atoms with E-state index < -0.39 is 21.0 Å². The first-order valence-electron chi connectivity index (χ1n) is 6.96. The largest absolute Gasteiger partial charge is 0.399 e.